The van der Waals surface area contributed by atoms with Gasteiger partial charge in [0.2, 0.25) is 7.06 Å². The van der Waals surface area contributed by atoms with E-state index in [-0.39, 0.29) is 5.41 Å². The van der Waals surface area contributed by atoms with Gasteiger partial charge in [-0.2, -0.15) is 0 Å². The van der Waals surface area contributed by atoms with Crippen LogP contribution in [0.5, 0.6) is 0 Å². The minimum absolute atomic E-state index is 0.281. The minimum atomic E-state index is -2.54. The molecule has 0 aliphatic heterocycles. The highest BCUT2D eigenvalue weighted by atomic mass is 32.0. The Morgan fingerprint density at radius 2 is 1.35 bits per heavy atom. The topological polar surface area (TPSA) is 26.3 Å². The Kier molecular flexibility index (Phi) is 7.99. The van der Waals surface area contributed by atoms with Crippen molar-refractivity contribution in [1.82, 2.24) is 0 Å². The molecule has 122 valence electrons. The average Bonchev–Trinajstić information content (AvgIpc) is 2.07. The summed E-state index contributed by atoms with van der Waals surface area (Å²) in [5.41, 5.74) is 0.580. The summed E-state index contributed by atoms with van der Waals surface area (Å²) in [5, 5.41) is 0. The third-order valence-corrected chi connectivity index (χ3v) is 5.86. The number of hydrogen-bond acceptors (Lipinski definition) is 2. The fraction of sp³-hybridized carbons (Fsp3) is 1.00. The fourth-order valence-corrected chi connectivity index (χ4v) is 5.90. The molecule has 4 atom stereocenters. The van der Waals surface area contributed by atoms with Crippen molar-refractivity contribution < 1.29 is 9.09 Å². The van der Waals surface area contributed by atoms with Crippen molar-refractivity contribution in [3.05, 3.63) is 0 Å². The van der Waals surface area contributed by atoms with Crippen LogP contribution in [0.1, 0.15) is 68.2 Å². The molecule has 0 heterocycles. The Morgan fingerprint density at radius 3 is 1.75 bits per heavy atom. The molecule has 0 N–H and O–H groups in total. The van der Waals surface area contributed by atoms with E-state index in [1.165, 1.54) is 0 Å². The predicted molar refractivity (Wildman–Crippen MR) is 94.6 cm³/mol. The number of rotatable bonds is 7. The van der Waals surface area contributed by atoms with E-state index in [1.54, 1.807) is 0 Å². The van der Waals surface area contributed by atoms with Crippen LogP contribution in [0, 0.1) is 22.7 Å². The minimum Gasteiger partial charge on any atom is -0.326 e. The first kappa shape index (κ1) is 20.6. The highest BCUT2D eigenvalue weighted by Crippen LogP contribution is 2.57. The molecule has 2 nitrogen and oxygen atoms in total. The van der Waals surface area contributed by atoms with Crippen LogP contribution in [-0.2, 0) is 9.09 Å². The molecule has 0 aromatic heterocycles. The maximum Gasteiger partial charge on any atom is 0.216 e. The normalized spacial score (nSPS) is 19.4. The lowest BCUT2D eigenvalue weighted by Gasteiger charge is -2.27. The molecule has 0 spiro atoms. The molecule has 0 aliphatic carbocycles. The lowest BCUT2D eigenvalue weighted by Crippen LogP contribution is -2.16. The molecule has 0 fully saturated rings. The van der Waals surface area contributed by atoms with Gasteiger partial charge < -0.3 is 4.52 Å². The van der Waals surface area contributed by atoms with Crippen LogP contribution in [0.4, 0.5) is 0 Å². The van der Waals surface area contributed by atoms with Crippen LogP contribution in [0.15, 0.2) is 0 Å². The molecule has 0 aliphatic rings. The van der Waals surface area contributed by atoms with Gasteiger partial charge >= 0.3 is 0 Å². The lowest BCUT2D eigenvalue weighted by molar-refractivity contribution is 0.211. The van der Waals surface area contributed by atoms with E-state index in [2.05, 4.69) is 64.3 Å². The van der Waals surface area contributed by atoms with Gasteiger partial charge in [0.1, 0.15) is 0 Å². The van der Waals surface area contributed by atoms with Gasteiger partial charge in [-0.05, 0) is 44.4 Å². The monoisotopic (exact) mass is 322 g/mol. The van der Waals surface area contributed by atoms with Crippen molar-refractivity contribution >= 4 is 16.0 Å². The van der Waals surface area contributed by atoms with Crippen molar-refractivity contribution in [1.29, 1.82) is 0 Å². The maximum absolute atomic E-state index is 12.5. The summed E-state index contributed by atoms with van der Waals surface area (Å²) in [4.78, 5) is 0. The van der Waals surface area contributed by atoms with E-state index in [0.29, 0.717) is 30.0 Å². The second kappa shape index (κ2) is 7.75. The van der Waals surface area contributed by atoms with E-state index in [0.717, 1.165) is 12.8 Å². The highest BCUT2D eigenvalue weighted by molar-refractivity contribution is 8.14. The first-order chi connectivity index (χ1) is 8.70. The van der Waals surface area contributed by atoms with Crippen LogP contribution in [0.3, 0.4) is 0 Å². The van der Waals surface area contributed by atoms with Crippen LogP contribution < -0.4 is 0 Å². The van der Waals surface area contributed by atoms with Crippen LogP contribution >= 0.6 is 16.0 Å². The van der Waals surface area contributed by atoms with Crippen LogP contribution in [-0.4, -0.2) is 12.8 Å². The first-order valence-electron chi connectivity index (χ1n) is 7.72. The Labute approximate surface area is 129 Å². The molecule has 0 rings (SSSR count). The molecule has 4 unspecified atom stereocenters. The molecule has 0 amide bonds. The fourth-order valence-electron chi connectivity index (χ4n) is 2.95. The molecule has 0 radical (unpaired) electrons. The molecular weight excluding hydrogens is 286 g/mol. The molecule has 0 bridgehead atoms. The smallest absolute Gasteiger partial charge is 0.216 e. The van der Waals surface area contributed by atoms with E-state index >= 15 is 0 Å². The summed E-state index contributed by atoms with van der Waals surface area (Å²) < 4.78 is 18.3. The largest absolute Gasteiger partial charge is 0.326 e. The van der Waals surface area contributed by atoms with E-state index in [4.69, 9.17) is 4.52 Å². The lowest BCUT2D eigenvalue weighted by atomic mass is 9.86. The molecular formula is C16H36O2P2. The van der Waals surface area contributed by atoms with Gasteiger partial charge in [-0.1, -0.05) is 55.4 Å². The Balaban J connectivity index is 4.23. The van der Waals surface area contributed by atoms with Crippen molar-refractivity contribution in [2.75, 3.05) is 12.8 Å². The first-order valence-corrected chi connectivity index (χ1v) is 11.2. The van der Waals surface area contributed by atoms with Crippen molar-refractivity contribution in [2.45, 2.75) is 68.2 Å². The average molecular weight is 322 g/mol. The third kappa shape index (κ3) is 12.4. The molecule has 0 aromatic carbocycles. The number of hydrogen-bond donors (Lipinski definition) is 0. The van der Waals surface area contributed by atoms with Gasteiger partial charge in [-0.3, -0.25) is 4.57 Å². The predicted octanol–water partition coefficient (Wildman–Crippen LogP) is 6.22. The van der Waals surface area contributed by atoms with Gasteiger partial charge in [-0.25, -0.2) is 0 Å². The third-order valence-electron chi connectivity index (χ3n) is 3.07. The summed E-state index contributed by atoms with van der Waals surface area (Å²) in [6.45, 7) is 18.3. The van der Waals surface area contributed by atoms with Gasteiger partial charge in [0.25, 0.3) is 0 Å². The molecule has 4 heteroatoms. The standard InChI is InChI=1S/C16H36O2P2/c1-13(9-15(3,4)5)11-18-20(17,19)12-14(2)10-16(6,7)8/h13-14H,9-12,19H2,1-8H3. The van der Waals surface area contributed by atoms with Crippen LogP contribution in [0.2, 0.25) is 0 Å². The van der Waals surface area contributed by atoms with E-state index in [1.807, 2.05) is 0 Å². The summed E-state index contributed by atoms with van der Waals surface area (Å²) in [7, 11) is -0.0558. The van der Waals surface area contributed by atoms with Gasteiger partial charge in [0.15, 0.2) is 0 Å². The van der Waals surface area contributed by atoms with E-state index < -0.39 is 7.06 Å². The molecule has 0 saturated heterocycles. The SMILES string of the molecule is CC(COP(=O)(P)CC(C)CC(C)(C)C)CC(C)(C)C. The highest BCUT2D eigenvalue weighted by Gasteiger charge is 2.25. The van der Waals surface area contributed by atoms with Gasteiger partial charge in [0, 0.05) is 6.16 Å². The van der Waals surface area contributed by atoms with Crippen LogP contribution in [0.25, 0.3) is 0 Å². The van der Waals surface area contributed by atoms with E-state index in [9.17, 15) is 4.57 Å². The Morgan fingerprint density at radius 1 is 0.950 bits per heavy atom. The molecule has 20 heavy (non-hydrogen) atoms. The van der Waals surface area contributed by atoms with Gasteiger partial charge in [-0.15, -0.1) is 0 Å². The zero-order chi connectivity index (χ0) is 16.2. The Bertz CT molecular complexity index is 326. The van der Waals surface area contributed by atoms with Gasteiger partial charge in [0.05, 0.1) is 6.61 Å². The zero-order valence-electron chi connectivity index (χ0n) is 14.8. The maximum atomic E-state index is 12.5. The quantitative estimate of drug-likeness (QED) is 0.520. The summed E-state index contributed by atoms with van der Waals surface area (Å²) in [5.74, 6) is 0.873. The second-order valence-electron chi connectivity index (χ2n) is 8.94. The van der Waals surface area contributed by atoms with Crippen molar-refractivity contribution in [2.24, 2.45) is 22.7 Å². The summed E-state index contributed by atoms with van der Waals surface area (Å²) >= 11 is 0. The molecule has 0 aromatic rings. The van der Waals surface area contributed by atoms with Crippen molar-refractivity contribution in [3.63, 3.8) is 0 Å². The summed E-state index contributed by atoms with van der Waals surface area (Å²) in [6.07, 6.45) is 2.83. The second-order valence-corrected chi connectivity index (χ2v) is 13.4. The zero-order valence-corrected chi connectivity index (χ0v) is 16.9. The summed E-state index contributed by atoms with van der Waals surface area (Å²) in [6, 6.07) is 0. The van der Waals surface area contributed by atoms with Crippen molar-refractivity contribution in [3.8, 4) is 0 Å². The Hall–Kier alpha value is 0.620. The molecule has 0 saturated carbocycles.